The van der Waals surface area contributed by atoms with Crippen LogP contribution in [0.4, 0.5) is 5.00 Å². The molecular weight excluding hydrogens is 302 g/mol. The Labute approximate surface area is 121 Å². The summed E-state index contributed by atoms with van der Waals surface area (Å²) >= 11 is 1.24. The maximum Gasteiger partial charge on any atom is 0.339 e. The van der Waals surface area contributed by atoms with Crippen molar-refractivity contribution in [2.24, 2.45) is 0 Å². The van der Waals surface area contributed by atoms with Gasteiger partial charge < -0.3 is 9.84 Å². The van der Waals surface area contributed by atoms with Crippen LogP contribution >= 0.6 is 11.3 Å². The molecule has 0 fully saturated rings. The number of hydrogen-bond acceptors (Lipinski definition) is 5. The molecule has 1 aromatic heterocycles. The highest BCUT2D eigenvalue weighted by molar-refractivity contribution is 7.92. The van der Waals surface area contributed by atoms with Crippen molar-refractivity contribution < 1.29 is 23.1 Å². The predicted molar refractivity (Wildman–Crippen MR) is 77.2 cm³/mol. The van der Waals surface area contributed by atoms with Gasteiger partial charge in [0.2, 0.25) is 10.0 Å². The molecule has 0 aliphatic heterocycles. The predicted octanol–water partition coefficient (Wildman–Crippen LogP) is 1.71. The number of ether oxygens (including phenoxy) is 1. The number of anilines is 1. The molecule has 0 aromatic carbocycles. The van der Waals surface area contributed by atoms with E-state index >= 15 is 0 Å². The minimum atomic E-state index is -3.58. The monoisotopic (exact) mass is 319 g/mol. The molecule has 6 nitrogen and oxygen atoms in total. The van der Waals surface area contributed by atoms with Crippen LogP contribution in [0.25, 0.3) is 0 Å². The molecule has 1 aliphatic rings. The van der Waals surface area contributed by atoms with Crippen molar-refractivity contribution >= 4 is 32.3 Å². The van der Waals surface area contributed by atoms with E-state index in [-0.39, 0.29) is 22.9 Å². The van der Waals surface area contributed by atoms with Crippen LogP contribution in [0.2, 0.25) is 0 Å². The topological polar surface area (TPSA) is 92.7 Å². The average molecular weight is 319 g/mol. The van der Waals surface area contributed by atoms with Gasteiger partial charge in [0.05, 0.1) is 17.9 Å². The van der Waals surface area contributed by atoms with Gasteiger partial charge in [0.25, 0.3) is 0 Å². The summed E-state index contributed by atoms with van der Waals surface area (Å²) in [7, 11) is -2.16. The van der Waals surface area contributed by atoms with Crippen molar-refractivity contribution in [2.75, 3.05) is 24.2 Å². The molecule has 1 aromatic rings. The molecule has 1 aliphatic carbocycles. The molecule has 1 heterocycles. The van der Waals surface area contributed by atoms with Crippen molar-refractivity contribution in [3.8, 4) is 0 Å². The Morgan fingerprint density at radius 3 is 2.75 bits per heavy atom. The second-order valence-electron chi connectivity index (χ2n) is 4.63. The van der Waals surface area contributed by atoms with Gasteiger partial charge in [-0.15, -0.1) is 11.3 Å². The lowest BCUT2D eigenvalue weighted by atomic mass is 9.96. The fourth-order valence-electron chi connectivity index (χ4n) is 2.25. The van der Waals surface area contributed by atoms with E-state index in [0.717, 1.165) is 29.7 Å². The molecule has 20 heavy (non-hydrogen) atoms. The number of hydrogen-bond donors (Lipinski definition) is 2. The quantitative estimate of drug-likeness (QED) is 0.832. The van der Waals surface area contributed by atoms with Crippen LogP contribution in [0.15, 0.2) is 0 Å². The first-order valence-corrected chi connectivity index (χ1v) is 8.78. The SMILES string of the molecule is COCCS(=O)(=O)Nc1sc2c(c1C(=O)O)CCCC2. The fourth-order valence-corrected chi connectivity index (χ4v) is 4.80. The molecule has 0 radical (unpaired) electrons. The standard InChI is InChI=1S/C12H17NO5S2/c1-18-6-7-20(16,17)13-11-10(12(14)15)8-4-2-3-5-9(8)19-11/h13H,2-7H2,1H3,(H,14,15). The average Bonchev–Trinajstić information content (AvgIpc) is 2.73. The van der Waals surface area contributed by atoms with Gasteiger partial charge in [-0.2, -0.15) is 0 Å². The molecule has 0 saturated carbocycles. The van der Waals surface area contributed by atoms with Gasteiger partial charge in [0, 0.05) is 12.0 Å². The molecule has 0 saturated heterocycles. The number of nitrogens with one attached hydrogen (secondary N) is 1. The highest BCUT2D eigenvalue weighted by Gasteiger charge is 2.27. The molecule has 112 valence electrons. The molecule has 8 heteroatoms. The molecule has 0 bridgehead atoms. The van der Waals surface area contributed by atoms with E-state index in [4.69, 9.17) is 4.74 Å². The Morgan fingerprint density at radius 2 is 2.10 bits per heavy atom. The Kier molecular flexibility index (Phi) is 4.66. The minimum absolute atomic E-state index is 0.0722. The number of rotatable bonds is 6. The Balaban J connectivity index is 2.32. The van der Waals surface area contributed by atoms with E-state index in [1.165, 1.54) is 18.4 Å². The second-order valence-corrected chi connectivity index (χ2v) is 7.58. The lowest BCUT2D eigenvalue weighted by molar-refractivity contribution is 0.0697. The number of carboxylic acid groups (broad SMARTS) is 1. The Bertz CT molecular complexity index is 606. The number of thiophene rings is 1. The molecule has 0 spiro atoms. The summed E-state index contributed by atoms with van der Waals surface area (Å²) in [6, 6.07) is 0. The van der Waals surface area contributed by atoms with Gasteiger partial charge in [0.1, 0.15) is 5.00 Å². The first-order chi connectivity index (χ1) is 9.44. The van der Waals surface area contributed by atoms with Gasteiger partial charge >= 0.3 is 5.97 Å². The number of methoxy groups -OCH3 is 1. The smallest absolute Gasteiger partial charge is 0.339 e. The lowest BCUT2D eigenvalue weighted by Crippen LogP contribution is -2.20. The third-order valence-electron chi connectivity index (χ3n) is 3.19. The number of sulfonamides is 1. The molecular formula is C12H17NO5S2. The van der Waals surface area contributed by atoms with Gasteiger partial charge in [-0.1, -0.05) is 0 Å². The molecule has 2 rings (SSSR count). The van der Waals surface area contributed by atoms with Crippen LogP contribution in [0.1, 0.15) is 33.6 Å². The second kappa shape index (κ2) is 6.11. The maximum atomic E-state index is 11.9. The van der Waals surface area contributed by atoms with E-state index in [9.17, 15) is 18.3 Å². The van der Waals surface area contributed by atoms with E-state index in [1.54, 1.807) is 0 Å². The van der Waals surface area contributed by atoms with Gasteiger partial charge in [0.15, 0.2) is 0 Å². The van der Waals surface area contributed by atoms with E-state index in [2.05, 4.69) is 4.72 Å². The van der Waals surface area contributed by atoms with E-state index in [1.807, 2.05) is 0 Å². The number of carbonyl (C=O) groups is 1. The summed E-state index contributed by atoms with van der Waals surface area (Å²) in [4.78, 5) is 12.4. The molecule has 2 N–H and O–H groups in total. The molecule has 0 amide bonds. The van der Waals surface area contributed by atoms with Gasteiger partial charge in [-0.25, -0.2) is 13.2 Å². The summed E-state index contributed by atoms with van der Waals surface area (Å²) in [6.07, 6.45) is 3.48. The van der Waals surface area contributed by atoms with Crippen LogP contribution in [-0.4, -0.2) is 39.0 Å². The minimum Gasteiger partial charge on any atom is -0.478 e. The van der Waals surface area contributed by atoms with Crippen LogP contribution in [0.5, 0.6) is 0 Å². The van der Waals surface area contributed by atoms with Crippen LogP contribution in [-0.2, 0) is 27.6 Å². The number of fused-ring (bicyclic) bond motifs is 1. The summed E-state index contributed by atoms with van der Waals surface area (Å²) in [6.45, 7) is 0.0722. The number of aryl methyl sites for hydroxylation is 1. The molecule has 0 unspecified atom stereocenters. The summed E-state index contributed by atoms with van der Waals surface area (Å²) in [5.74, 6) is -1.26. The summed E-state index contributed by atoms with van der Waals surface area (Å²) < 4.78 is 30.9. The Hall–Kier alpha value is -1.12. The Morgan fingerprint density at radius 1 is 1.40 bits per heavy atom. The van der Waals surface area contributed by atoms with Crippen molar-refractivity contribution in [3.63, 3.8) is 0 Å². The van der Waals surface area contributed by atoms with Crippen molar-refractivity contribution in [2.45, 2.75) is 25.7 Å². The zero-order chi connectivity index (χ0) is 14.8. The number of aromatic carboxylic acids is 1. The molecule has 0 atom stereocenters. The normalized spacial score (nSPS) is 14.8. The first-order valence-electron chi connectivity index (χ1n) is 6.32. The van der Waals surface area contributed by atoms with Crippen LogP contribution in [0.3, 0.4) is 0 Å². The van der Waals surface area contributed by atoms with Crippen LogP contribution < -0.4 is 4.72 Å². The largest absolute Gasteiger partial charge is 0.478 e. The van der Waals surface area contributed by atoms with Gasteiger partial charge in [-0.3, -0.25) is 4.72 Å². The lowest BCUT2D eigenvalue weighted by Gasteiger charge is -2.10. The van der Waals surface area contributed by atoms with Crippen molar-refractivity contribution in [1.29, 1.82) is 0 Å². The summed E-state index contributed by atoms with van der Waals surface area (Å²) in [5, 5.41) is 9.55. The highest BCUT2D eigenvalue weighted by atomic mass is 32.2. The van der Waals surface area contributed by atoms with Crippen molar-refractivity contribution in [1.82, 2.24) is 0 Å². The maximum absolute atomic E-state index is 11.9. The zero-order valence-electron chi connectivity index (χ0n) is 11.1. The van der Waals surface area contributed by atoms with Crippen molar-refractivity contribution in [3.05, 3.63) is 16.0 Å². The third-order valence-corrected chi connectivity index (χ3v) is 5.75. The summed E-state index contributed by atoms with van der Waals surface area (Å²) in [5.41, 5.74) is 0.906. The van der Waals surface area contributed by atoms with E-state index < -0.39 is 16.0 Å². The van der Waals surface area contributed by atoms with Crippen LogP contribution in [0, 0.1) is 0 Å². The van der Waals surface area contributed by atoms with E-state index in [0.29, 0.717) is 6.42 Å². The highest BCUT2D eigenvalue weighted by Crippen LogP contribution is 2.38. The van der Waals surface area contributed by atoms with Gasteiger partial charge in [-0.05, 0) is 31.2 Å². The number of carboxylic acids is 1. The zero-order valence-corrected chi connectivity index (χ0v) is 12.8. The first kappa shape index (κ1) is 15.3. The third kappa shape index (κ3) is 3.31. The fraction of sp³-hybridized carbons (Fsp3) is 0.583.